The number of aromatic nitrogens is 1. The Kier molecular flexibility index (Phi) is 4.28. The molecule has 19 heavy (non-hydrogen) atoms. The van der Waals surface area contributed by atoms with Gasteiger partial charge in [-0.1, -0.05) is 35.1 Å². The zero-order chi connectivity index (χ0) is 13.9. The van der Waals surface area contributed by atoms with Crippen LogP contribution in [0.15, 0.2) is 34.7 Å². The molecule has 1 aromatic heterocycles. The summed E-state index contributed by atoms with van der Waals surface area (Å²) in [7, 11) is -3.69. The number of anilines is 1. The maximum atomic E-state index is 12.1. The summed E-state index contributed by atoms with van der Waals surface area (Å²) in [5, 5.41) is 0. The lowest BCUT2D eigenvalue weighted by Gasteiger charge is -2.11. The lowest BCUT2D eigenvalue weighted by Crippen LogP contribution is -2.12. The lowest BCUT2D eigenvalue weighted by molar-refractivity contribution is 0.342. The van der Waals surface area contributed by atoms with Crippen LogP contribution in [0, 0.1) is 0 Å². The number of nitrogens with one attached hydrogen (secondary N) is 1. The van der Waals surface area contributed by atoms with Gasteiger partial charge < -0.3 is 4.74 Å². The quantitative estimate of drug-likeness (QED) is 0.920. The SMILES string of the molecule is CCOc1ccccc1NS(=O)(=O)c1cnc(Cl)s1. The van der Waals surface area contributed by atoms with Crippen LogP contribution in [0.5, 0.6) is 5.75 Å². The van der Waals surface area contributed by atoms with Crippen molar-refractivity contribution < 1.29 is 13.2 Å². The molecule has 0 spiro atoms. The van der Waals surface area contributed by atoms with Crippen molar-refractivity contribution in [2.75, 3.05) is 11.3 Å². The van der Waals surface area contributed by atoms with Gasteiger partial charge in [0.1, 0.15) is 5.75 Å². The summed E-state index contributed by atoms with van der Waals surface area (Å²) in [4.78, 5) is 3.72. The summed E-state index contributed by atoms with van der Waals surface area (Å²) in [6.45, 7) is 2.28. The maximum absolute atomic E-state index is 12.1. The van der Waals surface area contributed by atoms with Gasteiger partial charge in [0.2, 0.25) is 0 Å². The van der Waals surface area contributed by atoms with Gasteiger partial charge in [-0.25, -0.2) is 13.4 Å². The van der Waals surface area contributed by atoms with E-state index in [2.05, 4.69) is 9.71 Å². The molecule has 0 aliphatic heterocycles. The van der Waals surface area contributed by atoms with E-state index in [1.54, 1.807) is 24.3 Å². The summed E-state index contributed by atoms with van der Waals surface area (Å²) < 4.78 is 32.3. The molecule has 0 unspecified atom stereocenters. The molecular formula is C11H11ClN2O3S2. The monoisotopic (exact) mass is 318 g/mol. The van der Waals surface area contributed by atoms with E-state index in [1.165, 1.54) is 6.20 Å². The Hall–Kier alpha value is -1.31. The average Bonchev–Trinajstić information content (AvgIpc) is 2.79. The van der Waals surface area contributed by atoms with Gasteiger partial charge in [0.25, 0.3) is 10.0 Å². The molecule has 8 heteroatoms. The predicted octanol–water partition coefficient (Wildman–Crippen LogP) is 3.00. The summed E-state index contributed by atoms with van der Waals surface area (Å²) in [5.41, 5.74) is 0.383. The minimum atomic E-state index is -3.69. The maximum Gasteiger partial charge on any atom is 0.273 e. The van der Waals surface area contributed by atoms with Gasteiger partial charge in [0.05, 0.1) is 18.5 Å². The first-order valence-corrected chi connectivity index (χ1v) is 8.06. The smallest absolute Gasteiger partial charge is 0.273 e. The Bertz CT molecular complexity index is 670. The van der Waals surface area contributed by atoms with Crippen molar-refractivity contribution in [3.05, 3.63) is 34.9 Å². The van der Waals surface area contributed by atoms with E-state index in [9.17, 15) is 8.42 Å². The molecule has 0 atom stereocenters. The molecule has 0 saturated heterocycles. The van der Waals surface area contributed by atoms with Gasteiger partial charge in [0.15, 0.2) is 8.68 Å². The van der Waals surface area contributed by atoms with E-state index in [0.717, 1.165) is 11.3 Å². The van der Waals surface area contributed by atoms with Gasteiger partial charge >= 0.3 is 0 Å². The normalized spacial score (nSPS) is 11.3. The van der Waals surface area contributed by atoms with Crippen molar-refractivity contribution in [3.63, 3.8) is 0 Å². The summed E-state index contributed by atoms with van der Waals surface area (Å²) in [5.74, 6) is 0.476. The van der Waals surface area contributed by atoms with Crippen molar-refractivity contribution in [2.45, 2.75) is 11.1 Å². The number of benzene rings is 1. The van der Waals surface area contributed by atoms with Crippen LogP contribution >= 0.6 is 22.9 Å². The number of sulfonamides is 1. The number of para-hydroxylation sites is 2. The summed E-state index contributed by atoms with van der Waals surface area (Å²) in [6, 6.07) is 6.82. The van der Waals surface area contributed by atoms with Gasteiger partial charge in [-0.15, -0.1) is 0 Å². The molecule has 1 N–H and O–H groups in total. The van der Waals surface area contributed by atoms with Crippen LogP contribution in [0.2, 0.25) is 4.47 Å². The van der Waals surface area contributed by atoms with Crippen LogP contribution < -0.4 is 9.46 Å². The number of hydrogen-bond acceptors (Lipinski definition) is 5. The van der Waals surface area contributed by atoms with E-state index in [-0.39, 0.29) is 8.68 Å². The molecular weight excluding hydrogens is 308 g/mol. The van der Waals surface area contributed by atoms with E-state index < -0.39 is 10.0 Å². The Morgan fingerprint density at radius 3 is 2.79 bits per heavy atom. The van der Waals surface area contributed by atoms with E-state index in [4.69, 9.17) is 16.3 Å². The average molecular weight is 319 g/mol. The molecule has 102 valence electrons. The minimum absolute atomic E-state index is 0.0591. The zero-order valence-corrected chi connectivity index (χ0v) is 12.3. The van der Waals surface area contributed by atoms with Gasteiger partial charge in [-0.3, -0.25) is 4.72 Å². The van der Waals surface area contributed by atoms with Crippen LogP contribution in [0.25, 0.3) is 0 Å². The highest BCUT2D eigenvalue weighted by molar-refractivity contribution is 7.94. The molecule has 0 amide bonds. The minimum Gasteiger partial charge on any atom is -0.492 e. The standard InChI is InChI=1S/C11H11ClN2O3S2/c1-2-17-9-6-4-3-5-8(9)14-19(15,16)10-7-13-11(12)18-10/h3-7,14H,2H2,1H3. The highest BCUT2D eigenvalue weighted by Gasteiger charge is 2.19. The Balaban J connectivity index is 2.30. The molecule has 1 heterocycles. The second-order valence-corrected chi connectivity index (χ2v) is 6.99. The van der Waals surface area contributed by atoms with Crippen LogP contribution in [0.4, 0.5) is 5.69 Å². The van der Waals surface area contributed by atoms with Crippen molar-refractivity contribution in [3.8, 4) is 5.75 Å². The van der Waals surface area contributed by atoms with Crippen LogP contribution in [-0.2, 0) is 10.0 Å². The Morgan fingerprint density at radius 1 is 1.42 bits per heavy atom. The molecule has 0 aliphatic carbocycles. The Labute approximate surface area is 120 Å². The van der Waals surface area contributed by atoms with Crippen molar-refractivity contribution in [2.24, 2.45) is 0 Å². The fraction of sp³-hybridized carbons (Fsp3) is 0.182. The number of rotatable bonds is 5. The highest BCUT2D eigenvalue weighted by atomic mass is 35.5. The van der Waals surface area contributed by atoms with Gasteiger partial charge in [0, 0.05) is 0 Å². The molecule has 0 bridgehead atoms. The Morgan fingerprint density at radius 2 is 2.16 bits per heavy atom. The molecule has 0 aliphatic rings. The predicted molar refractivity (Wildman–Crippen MR) is 75.5 cm³/mol. The van der Waals surface area contributed by atoms with Crippen molar-refractivity contribution in [1.29, 1.82) is 0 Å². The molecule has 0 saturated carbocycles. The molecule has 2 aromatic rings. The lowest BCUT2D eigenvalue weighted by atomic mass is 10.3. The fourth-order valence-corrected chi connectivity index (χ4v) is 3.75. The third kappa shape index (κ3) is 3.37. The zero-order valence-electron chi connectivity index (χ0n) is 9.96. The molecule has 0 fully saturated rings. The van der Waals surface area contributed by atoms with Crippen LogP contribution in [-0.4, -0.2) is 20.0 Å². The first kappa shape index (κ1) is 14.1. The van der Waals surface area contributed by atoms with Crippen LogP contribution in [0.1, 0.15) is 6.92 Å². The van der Waals surface area contributed by atoms with E-state index in [0.29, 0.717) is 18.0 Å². The molecule has 0 radical (unpaired) electrons. The molecule has 5 nitrogen and oxygen atoms in total. The number of nitrogens with zero attached hydrogens (tertiary/aromatic N) is 1. The first-order chi connectivity index (χ1) is 9.03. The number of thiazole rings is 1. The van der Waals surface area contributed by atoms with Gasteiger partial charge in [-0.05, 0) is 19.1 Å². The third-order valence-electron chi connectivity index (χ3n) is 2.15. The topological polar surface area (TPSA) is 68.3 Å². The van der Waals surface area contributed by atoms with E-state index >= 15 is 0 Å². The summed E-state index contributed by atoms with van der Waals surface area (Å²) >= 11 is 6.54. The second-order valence-electron chi connectivity index (χ2n) is 3.47. The molecule has 1 aromatic carbocycles. The number of ether oxygens (including phenoxy) is 1. The fourth-order valence-electron chi connectivity index (χ4n) is 1.39. The van der Waals surface area contributed by atoms with Crippen molar-refractivity contribution >= 4 is 38.6 Å². The van der Waals surface area contributed by atoms with Crippen LogP contribution in [0.3, 0.4) is 0 Å². The van der Waals surface area contributed by atoms with Crippen molar-refractivity contribution in [1.82, 2.24) is 4.98 Å². The van der Waals surface area contributed by atoms with E-state index in [1.807, 2.05) is 6.92 Å². The third-order valence-corrected chi connectivity index (χ3v) is 5.09. The number of hydrogen-bond donors (Lipinski definition) is 1. The van der Waals surface area contributed by atoms with Gasteiger partial charge in [-0.2, -0.15) is 0 Å². The molecule has 2 rings (SSSR count). The largest absolute Gasteiger partial charge is 0.492 e. The summed E-state index contributed by atoms with van der Waals surface area (Å²) in [6.07, 6.45) is 1.22. The second kappa shape index (κ2) is 5.77. The first-order valence-electron chi connectivity index (χ1n) is 5.39. The highest BCUT2D eigenvalue weighted by Crippen LogP contribution is 2.29. The number of halogens is 1.